The summed E-state index contributed by atoms with van der Waals surface area (Å²) in [7, 11) is 0. The lowest BCUT2D eigenvalue weighted by atomic mass is 9.81. The van der Waals surface area contributed by atoms with Gasteiger partial charge in [-0.15, -0.1) is 0 Å². The highest BCUT2D eigenvalue weighted by Crippen LogP contribution is 2.31. The van der Waals surface area contributed by atoms with Crippen LogP contribution in [-0.4, -0.2) is 36.6 Å². The van der Waals surface area contributed by atoms with E-state index in [4.69, 9.17) is 0 Å². The number of rotatable bonds is 7. The van der Waals surface area contributed by atoms with Crippen LogP contribution in [0, 0.1) is 11.8 Å². The average molecular weight is 252 g/mol. The van der Waals surface area contributed by atoms with Crippen LogP contribution >= 0.6 is 0 Å². The summed E-state index contributed by atoms with van der Waals surface area (Å²) in [5, 5.41) is 3.65. The van der Waals surface area contributed by atoms with Crippen molar-refractivity contribution >= 4 is 0 Å². The Morgan fingerprint density at radius 3 is 2.39 bits per heavy atom. The fourth-order valence-electron chi connectivity index (χ4n) is 3.46. The van der Waals surface area contributed by atoms with Gasteiger partial charge in [0.05, 0.1) is 0 Å². The van der Waals surface area contributed by atoms with Crippen molar-refractivity contribution in [1.82, 2.24) is 10.2 Å². The predicted molar refractivity (Wildman–Crippen MR) is 78.9 cm³/mol. The maximum absolute atomic E-state index is 3.65. The van der Waals surface area contributed by atoms with E-state index >= 15 is 0 Å². The van der Waals surface area contributed by atoms with E-state index in [1.54, 1.807) is 0 Å². The van der Waals surface area contributed by atoms with Crippen LogP contribution in [0.2, 0.25) is 0 Å². The van der Waals surface area contributed by atoms with Crippen molar-refractivity contribution in [3.8, 4) is 0 Å². The molecule has 1 aliphatic heterocycles. The van der Waals surface area contributed by atoms with Crippen LogP contribution in [0.25, 0.3) is 0 Å². The van der Waals surface area contributed by atoms with Gasteiger partial charge in [-0.2, -0.15) is 0 Å². The van der Waals surface area contributed by atoms with Crippen LogP contribution in [-0.2, 0) is 0 Å². The van der Waals surface area contributed by atoms with E-state index in [-0.39, 0.29) is 0 Å². The smallest absolute Gasteiger partial charge is 0.0195 e. The Labute approximate surface area is 114 Å². The van der Waals surface area contributed by atoms with Gasteiger partial charge in [0.1, 0.15) is 0 Å². The van der Waals surface area contributed by atoms with E-state index < -0.39 is 0 Å². The van der Waals surface area contributed by atoms with Crippen molar-refractivity contribution in [2.75, 3.05) is 19.6 Å². The minimum atomic E-state index is 0.757. The summed E-state index contributed by atoms with van der Waals surface area (Å²) >= 11 is 0. The number of hydrogen-bond acceptors (Lipinski definition) is 2. The second-order valence-electron chi connectivity index (χ2n) is 7.02. The summed E-state index contributed by atoms with van der Waals surface area (Å²) in [4.78, 5) is 2.76. The normalized spacial score (nSPS) is 26.8. The van der Waals surface area contributed by atoms with E-state index in [0.29, 0.717) is 0 Å². The second-order valence-corrected chi connectivity index (χ2v) is 7.02. The monoisotopic (exact) mass is 252 g/mol. The van der Waals surface area contributed by atoms with Gasteiger partial charge in [-0.05, 0) is 44.6 Å². The van der Waals surface area contributed by atoms with Crippen molar-refractivity contribution in [2.45, 2.75) is 71.4 Å². The molecule has 2 nitrogen and oxygen atoms in total. The van der Waals surface area contributed by atoms with E-state index in [2.05, 4.69) is 31.0 Å². The molecule has 0 bridgehead atoms. The molecule has 2 heteroatoms. The lowest BCUT2D eigenvalue weighted by molar-refractivity contribution is 0.131. The first kappa shape index (κ1) is 14.3. The highest BCUT2D eigenvalue weighted by Gasteiger charge is 2.26. The lowest BCUT2D eigenvalue weighted by Gasteiger charge is -2.37. The van der Waals surface area contributed by atoms with Crippen LogP contribution in [0.5, 0.6) is 0 Å². The summed E-state index contributed by atoms with van der Waals surface area (Å²) in [5.74, 6) is 1.82. The van der Waals surface area contributed by atoms with Crippen molar-refractivity contribution in [3.05, 3.63) is 0 Å². The SMILES string of the molecule is CC(C)CN(CC1CCCN1)C(C)CC1CCC1. The van der Waals surface area contributed by atoms with E-state index in [1.807, 2.05) is 0 Å². The minimum Gasteiger partial charge on any atom is -0.313 e. The minimum absolute atomic E-state index is 0.757. The molecule has 0 aromatic rings. The van der Waals surface area contributed by atoms with Crippen LogP contribution in [0.1, 0.15) is 59.3 Å². The van der Waals surface area contributed by atoms with Gasteiger partial charge in [0.2, 0.25) is 0 Å². The fourth-order valence-corrected chi connectivity index (χ4v) is 3.46. The Balaban J connectivity index is 1.81. The Hall–Kier alpha value is -0.0800. The molecule has 2 aliphatic rings. The summed E-state index contributed by atoms with van der Waals surface area (Å²) in [6.07, 6.45) is 8.64. The third-order valence-electron chi connectivity index (χ3n) is 4.74. The first-order chi connectivity index (χ1) is 8.65. The van der Waals surface area contributed by atoms with Crippen molar-refractivity contribution in [1.29, 1.82) is 0 Å². The zero-order valence-corrected chi connectivity index (χ0v) is 12.6. The molecule has 106 valence electrons. The van der Waals surface area contributed by atoms with Crippen LogP contribution in [0.3, 0.4) is 0 Å². The van der Waals surface area contributed by atoms with Crippen LogP contribution in [0.4, 0.5) is 0 Å². The number of nitrogens with zero attached hydrogens (tertiary/aromatic N) is 1. The molecule has 1 saturated carbocycles. The molecule has 1 aliphatic carbocycles. The average Bonchev–Trinajstić information content (AvgIpc) is 2.74. The topological polar surface area (TPSA) is 15.3 Å². The quantitative estimate of drug-likeness (QED) is 0.748. The molecule has 18 heavy (non-hydrogen) atoms. The fraction of sp³-hybridized carbons (Fsp3) is 1.00. The Morgan fingerprint density at radius 2 is 1.89 bits per heavy atom. The predicted octanol–water partition coefficient (Wildman–Crippen LogP) is 3.28. The molecule has 1 heterocycles. The Morgan fingerprint density at radius 1 is 1.11 bits per heavy atom. The van der Waals surface area contributed by atoms with Crippen molar-refractivity contribution in [2.24, 2.45) is 11.8 Å². The molecular weight excluding hydrogens is 220 g/mol. The molecular formula is C16H32N2. The summed E-state index contributed by atoms with van der Waals surface area (Å²) in [6.45, 7) is 10.9. The van der Waals surface area contributed by atoms with E-state index in [0.717, 1.165) is 23.9 Å². The van der Waals surface area contributed by atoms with Gasteiger partial charge in [-0.1, -0.05) is 33.1 Å². The molecule has 1 saturated heterocycles. The Bertz CT molecular complexity index is 229. The number of hydrogen-bond donors (Lipinski definition) is 1. The van der Waals surface area contributed by atoms with Gasteiger partial charge < -0.3 is 5.32 Å². The van der Waals surface area contributed by atoms with Crippen LogP contribution in [0.15, 0.2) is 0 Å². The van der Waals surface area contributed by atoms with Gasteiger partial charge in [0.25, 0.3) is 0 Å². The maximum Gasteiger partial charge on any atom is 0.0195 e. The summed E-state index contributed by atoms with van der Waals surface area (Å²) < 4.78 is 0. The molecule has 2 rings (SSSR count). The molecule has 0 amide bonds. The molecule has 1 N–H and O–H groups in total. The number of nitrogens with one attached hydrogen (secondary N) is 1. The van der Waals surface area contributed by atoms with E-state index in [1.165, 1.54) is 58.2 Å². The van der Waals surface area contributed by atoms with Crippen molar-refractivity contribution in [3.63, 3.8) is 0 Å². The first-order valence-electron chi connectivity index (χ1n) is 8.12. The molecule has 0 aromatic carbocycles. The zero-order valence-electron chi connectivity index (χ0n) is 12.6. The zero-order chi connectivity index (χ0) is 13.0. The van der Waals surface area contributed by atoms with Gasteiger partial charge in [0.15, 0.2) is 0 Å². The standard InChI is InChI=1S/C16H32N2/c1-13(2)11-18(12-16-8-5-9-17-16)14(3)10-15-6-4-7-15/h13-17H,4-12H2,1-3H3. The molecule has 0 aromatic heterocycles. The highest BCUT2D eigenvalue weighted by molar-refractivity contribution is 4.83. The lowest BCUT2D eigenvalue weighted by Crippen LogP contribution is -2.45. The molecule has 0 radical (unpaired) electrons. The maximum atomic E-state index is 3.65. The van der Waals surface area contributed by atoms with Gasteiger partial charge in [0, 0.05) is 25.2 Å². The van der Waals surface area contributed by atoms with E-state index in [9.17, 15) is 0 Å². The molecule has 2 fully saturated rings. The first-order valence-corrected chi connectivity index (χ1v) is 8.12. The van der Waals surface area contributed by atoms with Crippen LogP contribution < -0.4 is 5.32 Å². The third-order valence-corrected chi connectivity index (χ3v) is 4.74. The second kappa shape index (κ2) is 6.91. The largest absolute Gasteiger partial charge is 0.313 e. The molecule has 2 unspecified atom stereocenters. The third kappa shape index (κ3) is 4.24. The van der Waals surface area contributed by atoms with Gasteiger partial charge >= 0.3 is 0 Å². The van der Waals surface area contributed by atoms with Gasteiger partial charge in [-0.25, -0.2) is 0 Å². The highest BCUT2D eigenvalue weighted by atomic mass is 15.2. The Kier molecular flexibility index (Phi) is 5.50. The van der Waals surface area contributed by atoms with Crippen molar-refractivity contribution < 1.29 is 0 Å². The molecule has 0 spiro atoms. The summed E-state index contributed by atoms with van der Waals surface area (Å²) in [5.41, 5.74) is 0. The summed E-state index contributed by atoms with van der Waals surface area (Å²) in [6, 6.07) is 1.53. The van der Waals surface area contributed by atoms with Gasteiger partial charge in [-0.3, -0.25) is 4.90 Å². The molecule has 2 atom stereocenters.